The van der Waals surface area contributed by atoms with Gasteiger partial charge < -0.3 is 19.7 Å². The van der Waals surface area contributed by atoms with Crippen LogP contribution in [0.3, 0.4) is 0 Å². The summed E-state index contributed by atoms with van der Waals surface area (Å²) in [6.07, 6.45) is 6.09. The number of pyridine rings is 1. The van der Waals surface area contributed by atoms with Crippen molar-refractivity contribution in [3.05, 3.63) is 39.9 Å². The van der Waals surface area contributed by atoms with Gasteiger partial charge in [0.2, 0.25) is 5.43 Å². The summed E-state index contributed by atoms with van der Waals surface area (Å²) in [6.45, 7) is 4.00. The second-order valence-corrected chi connectivity index (χ2v) is 6.91. The first-order valence-electron chi connectivity index (χ1n) is 9.46. The fourth-order valence-corrected chi connectivity index (χ4v) is 3.06. The summed E-state index contributed by atoms with van der Waals surface area (Å²) in [5.41, 5.74) is -0.0913. The summed E-state index contributed by atoms with van der Waals surface area (Å²) in [5, 5.41) is 12.4. The zero-order valence-corrected chi connectivity index (χ0v) is 15.5. The van der Waals surface area contributed by atoms with Crippen LogP contribution in [0.1, 0.15) is 55.4 Å². The highest BCUT2D eigenvalue weighted by atomic mass is 19.1. The number of ether oxygens (including phenoxy) is 1. The number of unbranched alkanes of at least 4 members (excludes halogenated alkanes) is 1. The number of fused-ring (bicyclic) bond motifs is 1. The molecule has 3 rings (SSSR count). The molecular formula is C20H25FN2O4. The molecule has 1 saturated carbocycles. The molecule has 0 atom stereocenters. The van der Waals surface area contributed by atoms with Crippen LogP contribution < -0.4 is 10.7 Å². The lowest BCUT2D eigenvalue weighted by Gasteiger charge is -2.14. The number of benzene rings is 1. The highest BCUT2D eigenvalue weighted by molar-refractivity contribution is 5.93. The second-order valence-electron chi connectivity index (χ2n) is 6.91. The molecule has 1 aromatic heterocycles. The maximum Gasteiger partial charge on any atom is 0.341 e. The number of carboxylic acid groups (broad SMARTS) is 1. The van der Waals surface area contributed by atoms with Crippen molar-refractivity contribution in [1.82, 2.24) is 4.57 Å². The maximum absolute atomic E-state index is 14.5. The number of carboxylic acids is 1. The third kappa shape index (κ3) is 4.47. The average Bonchev–Trinajstić information content (AvgIpc) is 3.47. The minimum absolute atomic E-state index is 0.104. The standard InChI is InChI=1S/C20H25FN2O4/c1-2-3-8-27-9-4-7-22-17-11-18-14(10-16(17)21)19(24)15(20(25)26)12-23(18)13-5-6-13/h10-13,22H,2-9H2,1H3,(H,25,26). The average molecular weight is 376 g/mol. The molecule has 6 nitrogen and oxygen atoms in total. The molecule has 0 aliphatic heterocycles. The Balaban J connectivity index is 1.81. The van der Waals surface area contributed by atoms with Gasteiger partial charge in [0.15, 0.2) is 0 Å². The van der Waals surface area contributed by atoms with Crippen LogP contribution in [-0.4, -0.2) is 35.4 Å². The molecule has 0 bridgehead atoms. The van der Waals surface area contributed by atoms with E-state index in [1.54, 1.807) is 10.6 Å². The number of hydrogen-bond donors (Lipinski definition) is 2. The number of hydrogen-bond acceptors (Lipinski definition) is 4. The number of carbonyl (C=O) groups is 1. The third-order valence-corrected chi connectivity index (χ3v) is 4.71. The Morgan fingerprint density at radius 3 is 2.74 bits per heavy atom. The van der Waals surface area contributed by atoms with E-state index in [0.29, 0.717) is 24.4 Å². The van der Waals surface area contributed by atoms with Crippen molar-refractivity contribution < 1.29 is 19.0 Å². The molecule has 0 unspecified atom stereocenters. The molecule has 1 aromatic carbocycles. The molecule has 1 aliphatic rings. The lowest BCUT2D eigenvalue weighted by atomic mass is 10.1. The molecule has 0 spiro atoms. The summed E-state index contributed by atoms with van der Waals surface area (Å²) in [6, 6.07) is 2.91. The number of rotatable bonds is 10. The normalized spacial score (nSPS) is 13.9. The van der Waals surface area contributed by atoms with Gasteiger partial charge in [-0.2, -0.15) is 0 Å². The zero-order chi connectivity index (χ0) is 19.4. The fourth-order valence-electron chi connectivity index (χ4n) is 3.06. The first-order valence-corrected chi connectivity index (χ1v) is 9.46. The summed E-state index contributed by atoms with van der Waals surface area (Å²) in [4.78, 5) is 23.8. The van der Waals surface area contributed by atoms with E-state index in [1.165, 1.54) is 6.20 Å². The van der Waals surface area contributed by atoms with Gasteiger partial charge in [-0.1, -0.05) is 13.3 Å². The fraction of sp³-hybridized carbons (Fsp3) is 0.500. The first-order chi connectivity index (χ1) is 13.0. The Morgan fingerprint density at radius 1 is 1.33 bits per heavy atom. The van der Waals surface area contributed by atoms with Crippen molar-refractivity contribution in [2.24, 2.45) is 0 Å². The first kappa shape index (κ1) is 19.4. The number of aromatic carboxylic acids is 1. The minimum atomic E-state index is -1.29. The number of aromatic nitrogens is 1. The van der Waals surface area contributed by atoms with Crippen LogP contribution in [0.4, 0.5) is 10.1 Å². The van der Waals surface area contributed by atoms with Crippen molar-refractivity contribution in [2.75, 3.05) is 25.1 Å². The van der Waals surface area contributed by atoms with Gasteiger partial charge in [-0.05, 0) is 37.8 Å². The van der Waals surface area contributed by atoms with Gasteiger partial charge >= 0.3 is 5.97 Å². The smallest absolute Gasteiger partial charge is 0.341 e. The Bertz CT molecular complexity index is 890. The molecule has 1 aliphatic carbocycles. The molecule has 146 valence electrons. The zero-order valence-electron chi connectivity index (χ0n) is 15.5. The lowest BCUT2D eigenvalue weighted by Crippen LogP contribution is -2.19. The van der Waals surface area contributed by atoms with Gasteiger partial charge in [0, 0.05) is 37.4 Å². The van der Waals surface area contributed by atoms with Gasteiger partial charge in [0.25, 0.3) is 0 Å². The van der Waals surface area contributed by atoms with Crippen molar-refractivity contribution in [3.8, 4) is 0 Å². The van der Waals surface area contributed by atoms with Crippen LogP contribution in [0.2, 0.25) is 0 Å². The van der Waals surface area contributed by atoms with Gasteiger partial charge in [-0.3, -0.25) is 4.79 Å². The Morgan fingerprint density at radius 2 is 2.07 bits per heavy atom. The minimum Gasteiger partial charge on any atom is -0.477 e. The van der Waals surface area contributed by atoms with Crippen LogP contribution in [0.5, 0.6) is 0 Å². The van der Waals surface area contributed by atoms with Crippen LogP contribution in [0, 0.1) is 5.82 Å². The molecule has 0 radical (unpaired) electrons. The highest BCUT2D eigenvalue weighted by Gasteiger charge is 2.27. The van der Waals surface area contributed by atoms with Crippen molar-refractivity contribution in [1.29, 1.82) is 0 Å². The summed E-state index contributed by atoms with van der Waals surface area (Å²) in [7, 11) is 0. The molecule has 7 heteroatoms. The topological polar surface area (TPSA) is 80.6 Å². The monoisotopic (exact) mass is 376 g/mol. The largest absolute Gasteiger partial charge is 0.477 e. The Hall–Kier alpha value is -2.41. The van der Waals surface area contributed by atoms with E-state index in [-0.39, 0.29) is 17.0 Å². The molecule has 2 N–H and O–H groups in total. The van der Waals surface area contributed by atoms with E-state index in [1.807, 2.05) is 0 Å². The number of nitrogens with zero attached hydrogens (tertiary/aromatic N) is 1. The van der Waals surface area contributed by atoms with E-state index in [9.17, 15) is 19.1 Å². The van der Waals surface area contributed by atoms with Crippen molar-refractivity contribution in [2.45, 2.75) is 45.1 Å². The van der Waals surface area contributed by atoms with Gasteiger partial charge in [0.1, 0.15) is 11.4 Å². The molecular weight excluding hydrogens is 351 g/mol. The molecule has 1 fully saturated rings. The maximum atomic E-state index is 14.5. The van der Waals surface area contributed by atoms with Gasteiger partial charge in [0.05, 0.1) is 11.2 Å². The third-order valence-electron chi connectivity index (χ3n) is 4.71. The number of anilines is 1. The van der Waals surface area contributed by atoms with E-state index in [2.05, 4.69) is 12.2 Å². The number of nitrogens with one attached hydrogen (secondary N) is 1. The molecule has 0 amide bonds. The summed E-state index contributed by atoms with van der Waals surface area (Å²) in [5.74, 6) is -1.85. The molecule has 2 aromatic rings. The summed E-state index contributed by atoms with van der Waals surface area (Å²) < 4.78 is 21.7. The second kappa shape index (κ2) is 8.52. The van der Waals surface area contributed by atoms with Gasteiger partial charge in [-0.15, -0.1) is 0 Å². The lowest BCUT2D eigenvalue weighted by molar-refractivity contribution is 0.0695. The van der Waals surface area contributed by atoms with Crippen LogP contribution in [0.25, 0.3) is 10.9 Å². The predicted molar refractivity (Wildman–Crippen MR) is 102 cm³/mol. The SMILES string of the molecule is CCCCOCCCNc1cc2c(cc1F)c(=O)c(C(=O)O)cn2C1CC1. The van der Waals surface area contributed by atoms with Crippen LogP contribution >= 0.6 is 0 Å². The van der Waals surface area contributed by atoms with E-state index >= 15 is 0 Å². The summed E-state index contributed by atoms with van der Waals surface area (Å²) >= 11 is 0. The van der Waals surface area contributed by atoms with E-state index in [4.69, 9.17) is 4.74 Å². The molecule has 1 heterocycles. The highest BCUT2D eigenvalue weighted by Crippen LogP contribution is 2.37. The Kier molecular flexibility index (Phi) is 6.11. The number of halogens is 1. The van der Waals surface area contributed by atoms with Gasteiger partial charge in [-0.25, -0.2) is 9.18 Å². The van der Waals surface area contributed by atoms with Crippen LogP contribution in [-0.2, 0) is 4.74 Å². The Labute approximate surface area is 156 Å². The van der Waals surface area contributed by atoms with E-state index < -0.39 is 17.2 Å². The quantitative estimate of drug-likeness (QED) is 0.617. The van der Waals surface area contributed by atoms with E-state index in [0.717, 1.165) is 44.8 Å². The van der Waals surface area contributed by atoms with Crippen molar-refractivity contribution in [3.63, 3.8) is 0 Å². The molecule has 27 heavy (non-hydrogen) atoms. The predicted octanol–water partition coefficient (Wildman–Crippen LogP) is 3.79. The van der Waals surface area contributed by atoms with Crippen LogP contribution in [0.15, 0.2) is 23.1 Å². The van der Waals surface area contributed by atoms with Crippen molar-refractivity contribution >= 4 is 22.6 Å². The molecule has 0 saturated heterocycles.